The summed E-state index contributed by atoms with van der Waals surface area (Å²) in [7, 11) is 0. The van der Waals surface area contributed by atoms with Gasteiger partial charge in [-0.3, -0.25) is 4.79 Å². The molecule has 1 fully saturated rings. The molecule has 162 valence electrons. The molecule has 0 radical (unpaired) electrons. The molecule has 0 saturated carbocycles. The second kappa shape index (κ2) is 9.06. The Labute approximate surface area is 177 Å². The van der Waals surface area contributed by atoms with Crippen molar-refractivity contribution in [3.8, 4) is 17.2 Å². The number of Topliss-reactive ketones (excluding diaryl/α,β-unsaturated/α-hetero) is 1. The number of carbonyl (C=O) groups excluding carboxylic acids is 1. The van der Waals surface area contributed by atoms with E-state index in [9.17, 15) is 20.1 Å². The van der Waals surface area contributed by atoms with Crippen LogP contribution in [0.25, 0.3) is 0 Å². The van der Waals surface area contributed by atoms with E-state index in [4.69, 9.17) is 9.47 Å². The monoisotopic (exact) mass is 414 g/mol. The van der Waals surface area contributed by atoms with Crippen molar-refractivity contribution in [3.05, 3.63) is 53.1 Å². The van der Waals surface area contributed by atoms with Crippen LogP contribution in [0.2, 0.25) is 0 Å². The molecule has 1 aliphatic heterocycles. The van der Waals surface area contributed by atoms with Gasteiger partial charge in [0.05, 0.1) is 24.4 Å². The Kier molecular flexibility index (Phi) is 6.68. The molecule has 0 bridgehead atoms. The fourth-order valence-electron chi connectivity index (χ4n) is 4.29. The molecule has 30 heavy (non-hydrogen) atoms. The van der Waals surface area contributed by atoms with Gasteiger partial charge in [-0.15, -0.1) is 0 Å². The molecule has 3 rings (SSSR count). The Hall–Kier alpha value is -2.57. The number of aromatic hydroxyl groups is 3. The molecule has 0 amide bonds. The third-order valence-corrected chi connectivity index (χ3v) is 6.18. The summed E-state index contributed by atoms with van der Waals surface area (Å²) in [4.78, 5) is 12.0. The Morgan fingerprint density at radius 2 is 1.73 bits per heavy atom. The predicted octanol–water partition coefficient (Wildman–Crippen LogP) is 4.71. The second-order valence-electron chi connectivity index (χ2n) is 8.09. The quantitative estimate of drug-likeness (QED) is 0.592. The SMILES string of the molecule is CCC1OC(c2c(O)cc(O)c(C(C)=O)c2O)C(OCc2ccccc2)C(C)C1C. The van der Waals surface area contributed by atoms with Gasteiger partial charge in [-0.05, 0) is 30.7 Å². The minimum absolute atomic E-state index is 0.0609. The molecule has 1 aliphatic rings. The number of ether oxygens (including phenoxy) is 2. The zero-order valence-corrected chi connectivity index (χ0v) is 17.8. The molecule has 6 heteroatoms. The third kappa shape index (κ3) is 4.16. The molecule has 6 nitrogen and oxygen atoms in total. The van der Waals surface area contributed by atoms with Crippen LogP contribution >= 0.6 is 0 Å². The van der Waals surface area contributed by atoms with Gasteiger partial charge in [0, 0.05) is 6.07 Å². The molecule has 1 saturated heterocycles. The molecular formula is C24H30O6. The summed E-state index contributed by atoms with van der Waals surface area (Å²) in [6.45, 7) is 7.79. The highest BCUT2D eigenvalue weighted by Crippen LogP contribution is 2.49. The van der Waals surface area contributed by atoms with Crippen molar-refractivity contribution >= 4 is 5.78 Å². The number of phenolic OH excluding ortho intramolecular Hbond substituents is 3. The molecule has 0 aromatic heterocycles. The van der Waals surface area contributed by atoms with Crippen LogP contribution in [0.15, 0.2) is 36.4 Å². The van der Waals surface area contributed by atoms with Gasteiger partial charge in [0.2, 0.25) is 0 Å². The maximum Gasteiger partial charge on any atom is 0.167 e. The Morgan fingerprint density at radius 3 is 2.33 bits per heavy atom. The first kappa shape index (κ1) is 22.1. The van der Waals surface area contributed by atoms with Crippen molar-refractivity contribution in [3.63, 3.8) is 0 Å². The number of carbonyl (C=O) groups is 1. The first-order valence-corrected chi connectivity index (χ1v) is 10.4. The van der Waals surface area contributed by atoms with Crippen molar-refractivity contribution in [1.29, 1.82) is 0 Å². The molecule has 5 atom stereocenters. The van der Waals surface area contributed by atoms with Gasteiger partial charge in [0.1, 0.15) is 28.9 Å². The first-order valence-electron chi connectivity index (χ1n) is 10.4. The first-order chi connectivity index (χ1) is 14.3. The fourth-order valence-corrected chi connectivity index (χ4v) is 4.29. The van der Waals surface area contributed by atoms with E-state index in [0.717, 1.165) is 18.1 Å². The van der Waals surface area contributed by atoms with Crippen molar-refractivity contribution in [2.45, 2.75) is 59.0 Å². The third-order valence-electron chi connectivity index (χ3n) is 6.18. The summed E-state index contributed by atoms with van der Waals surface area (Å²) in [6.07, 6.45) is -0.602. The summed E-state index contributed by atoms with van der Waals surface area (Å²) in [5.41, 5.74) is 0.845. The van der Waals surface area contributed by atoms with Crippen molar-refractivity contribution in [2.75, 3.05) is 0 Å². The number of rotatable bonds is 6. The lowest BCUT2D eigenvalue weighted by Crippen LogP contribution is -2.46. The smallest absolute Gasteiger partial charge is 0.167 e. The molecule has 2 aromatic rings. The number of hydrogen-bond donors (Lipinski definition) is 3. The second-order valence-corrected chi connectivity index (χ2v) is 8.09. The topological polar surface area (TPSA) is 96.2 Å². The number of hydrogen-bond acceptors (Lipinski definition) is 6. The van der Waals surface area contributed by atoms with E-state index in [2.05, 4.69) is 13.8 Å². The van der Waals surface area contributed by atoms with Gasteiger partial charge in [-0.1, -0.05) is 51.1 Å². The highest BCUT2D eigenvalue weighted by Gasteiger charge is 2.44. The Morgan fingerprint density at radius 1 is 1.07 bits per heavy atom. The largest absolute Gasteiger partial charge is 0.507 e. The van der Waals surface area contributed by atoms with Crippen LogP contribution in [-0.2, 0) is 16.1 Å². The lowest BCUT2D eigenvalue weighted by atomic mass is 9.78. The van der Waals surface area contributed by atoms with Crippen LogP contribution in [0.4, 0.5) is 0 Å². The Balaban J connectivity index is 2.04. The molecule has 2 aromatic carbocycles. The minimum atomic E-state index is -0.788. The fraction of sp³-hybridized carbons (Fsp3) is 0.458. The van der Waals surface area contributed by atoms with Gasteiger partial charge in [0.15, 0.2) is 5.78 Å². The van der Waals surface area contributed by atoms with E-state index in [1.165, 1.54) is 6.92 Å². The van der Waals surface area contributed by atoms with Gasteiger partial charge in [0.25, 0.3) is 0 Å². The van der Waals surface area contributed by atoms with E-state index >= 15 is 0 Å². The van der Waals surface area contributed by atoms with E-state index < -0.39 is 29.5 Å². The lowest BCUT2D eigenvalue weighted by Gasteiger charge is -2.45. The standard InChI is InChI=1S/C24H30O6/c1-5-19-13(2)14(3)23(29-12-16-9-7-6-8-10-16)24(30-19)21-18(27)11-17(26)20(15(4)25)22(21)28/h6-11,13-14,19,23-24,26-28H,5,12H2,1-4H3. The summed E-state index contributed by atoms with van der Waals surface area (Å²) in [5.74, 6) is -1.50. The number of phenols is 3. The normalized spacial score (nSPS) is 26.5. The van der Waals surface area contributed by atoms with Crippen molar-refractivity contribution < 1.29 is 29.6 Å². The summed E-state index contributed by atoms with van der Waals surface area (Å²) < 4.78 is 12.6. The highest BCUT2D eigenvalue weighted by molar-refractivity contribution is 6.00. The Bertz CT molecular complexity index is 894. The number of benzene rings is 2. The van der Waals surface area contributed by atoms with E-state index in [0.29, 0.717) is 6.61 Å². The van der Waals surface area contributed by atoms with Gasteiger partial charge >= 0.3 is 0 Å². The summed E-state index contributed by atoms with van der Waals surface area (Å²) in [5, 5.41) is 31.5. The van der Waals surface area contributed by atoms with Crippen molar-refractivity contribution in [2.24, 2.45) is 11.8 Å². The van der Waals surface area contributed by atoms with Crippen LogP contribution in [0.5, 0.6) is 17.2 Å². The lowest BCUT2D eigenvalue weighted by molar-refractivity contribution is -0.194. The van der Waals surface area contributed by atoms with Crippen molar-refractivity contribution in [1.82, 2.24) is 0 Å². The van der Waals surface area contributed by atoms with E-state index in [1.807, 2.05) is 37.3 Å². The van der Waals surface area contributed by atoms with Crippen LogP contribution in [0.3, 0.4) is 0 Å². The van der Waals surface area contributed by atoms with E-state index in [1.54, 1.807) is 0 Å². The van der Waals surface area contributed by atoms with Gasteiger partial charge in [-0.25, -0.2) is 0 Å². The molecule has 3 N–H and O–H groups in total. The summed E-state index contributed by atoms with van der Waals surface area (Å²) >= 11 is 0. The maximum atomic E-state index is 12.0. The predicted molar refractivity (Wildman–Crippen MR) is 113 cm³/mol. The van der Waals surface area contributed by atoms with Crippen LogP contribution < -0.4 is 0 Å². The molecule has 0 spiro atoms. The average Bonchev–Trinajstić information content (AvgIpc) is 2.70. The zero-order valence-electron chi connectivity index (χ0n) is 17.8. The molecule has 5 unspecified atom stereocenters. The van der Waals surface area contributed by atoms with Gasteiger partial charge < -0.3 is 24.8 Å². The molecule has 0 aliphatic carbocycles. The molecule has 1 heterocycles. The van der Waals surface area contributed by atoms with Crippen LogP contribution in [0.1, 0.15) is 61.7 Å². The van der Waals surface area contributed by atoms with E-state index in [-0.39, 0.29) is 34.8 Å². The summed E-state index contributed by atoms with van der Waals surface area (Å²) in [6, 6.07) is 10.8. The molecular weight excluding hydrogens is 384 g/mol. The van der Waals surface area contributed by atoms with Gasteiger partial charge in [-0.2, -0.15) is 0 Å². The van der Waals surface area contributed by atoms with Crippen LogP contribution in [0, 0.1) is 11.8 Å². The average molecular weight is 414 g/mol. The number of ketones is 1. The minimum Gasteiger partial charge on any atom is -0.507 e. The highest BCUT2D eigenvalue weighted by atomic mass is 16.6. The zero-order chi connectivity index (χ0) is 22.0. The van der Waals surface area contributed by atoms with Crippen LogP contribution in [-0.4, -0.2) is 33.3 Å². The maximum absolute atomic E-state index is 12.0.